The summed E-state index contributed by atoms with van der Waals surface area (Å²) in [5.41, 5.74) is 11.1. The van der Waals surface area contributed by atoms with Gasteiger partial charge in [0.1, 0.15) is 0 Å². The van der Waals surface area contributed by atoms with Crippen LogP contribution in [0.4, 0.5) is 0 Å². The standard InChI is InChI=1S/C49H100Ge2Si8/c1-48(2,3)36-31-38(44(52(7,8)9)53(10,11)12)42(39(32-36)45(54(13,14)15)55(16,17)18)50-35-51-43-40(46(56(19,20)21)57(22,23)24)33-37(49(4,5)6)34-41(43)47(58(25,26)27)59(28,29)30/h31-34,44-47H,35H2,1-30H3. The quantitative estimate of drug-likeness (QED) is 0.147. The molecule has 2 rings (SSSR count). The first-order chi connectivity index (χ1) is 25.6. The molecule has 336 valence electrons. The predicted molar refractivity (Wildman–Crippen MR) is 304 cm³/mol. The molecule has 0 spiro atoms. The van der Waals surface area contributed by atoms with E-state index in [-0.39, 0.29) is 41.7 Å². The molecule has 0 aromatic heterocycles. The van der Waals surface area contributed by atoms with Crippen molar-refractivity contribution in [3.63, 3.8) is 0 Å². The van der Waals surface area contributed by atoms with Crippen LogP contribution in [0.5, 0.6) is 0 Å². The minimum absolute atomic E-state index is 0.146. The Hall–Kier alpha value is 1.26. The molecule has 2 aromatic rings. The monoisotopic (exact) mass is 1060 g/mol. The van der Waals surface area contributed by atoms with Gasteiger partial charge in [0.25, 0.3) is 0 Å². The van der Waals surface area contributed by atoms with Crippen LogP contribution in [0, 0.1) is 0 Å². The second-order valence-corrected chi connectivity index (χ2v) is 82.7. The summed E-state index contributed by atoms with van der Waals surface area (Å²) < 4.78 is 5.45. The van der Waals surface area contributed by atoms with E-state index >= 15 is 0 Å². The first-order valence-electron chi connectivity index (χ1n) is 23.5. The topological polar surface area (TPSA) is 0 Å². The molecule has 0 saturated carbocycles. The third kappa shape index (κ3) is 14.6. The molecule has 0 aliphatic carbocycles. The van der Waals surface area contributed by atoms with Crippen LogP contribution in [0.2, 0.25) is 161 Å². The van der Waals surface area contributed by atoms with Crippen LogP contribution in [0.25, 0.3) is 0 Å². The van der Waals surface area contributed by atoms with E-state index in [4.69, 9.17) is 0 Å². The summed E-state index contributed by atoms with van der Waals surface area (Å²) in [4.78, 5) is 0. The Kier molecular flexibility index (Phi) is 17.7. The van der Waals surface area contributed by atoms with Gasteiger partial charge in [0.05, 0.1) is 0 Å². The Morgan fingerprint density at radius 1 is 0.322 bits per heavy atom. The van der Waals surface area contributed by atoms with Gasteiger partial charge in [-0.25, -0.2) is 0 Å². The SMILES string of the molecule is CC(C)(C)c1cc(C([Si](C)(C)C)[Si](C)(C)C)[c]([Ge][CH2][Ge][c]2c(C([Si](C)(C)C)[Si](C)(C)C)cc(C(C)(C)C)cc2C([Si](C)(C)C)[Si](C)(C)C)c(C([Si](C)(C)C)[Si](C)(C)C)c1. The molecule has 0 nitrogen and oxygen atoms in total. The summed E-state index contributed by atoms with van der Waals surface area (Å²) in [5, 5.41) is 3.12. The van der Waals surface area contributed by atoms with Gasteiger partial charge in [0, 0.05) is 0 Å². The van der Waals surface area contributed by atoms with Crippen LogP contribution in [-0.4, -0.2) is 95.5 Å². The average Bonchev–Trinajstić information content (AvgIpc) is 2.87. The Balaban J connectivity index is 3.33. The van der Waals surface area contributed by atoms with Gasteiger partial charge in [-0.1, -0.05) is 0 Å². The molecular weight excluding hydrogens is 958 g/mol. The van der Waals surface area contributed by atoms with Crippen LogP contribution < -0.4 is 8.79 Å². The first kappa shape index (κ1) is 56.4. The van der Waals surface area contributed by atoms with Crippen molar-refractivity contribution in [3.05, 3.63) is 57.6 Å². The summed E-state index contributed by atoms with van der Waals surface area (Å²) in [7, 11) is -12.4. The van der Waals surface area contributed by atoms with Crippen molar-refractivity contribution in [1.82, 2.24) is 0 Å². The van der Waals surface area contributed by atoms with Crippen LogP contribution in [0.3, 0.4) is 0 Å². The van der Waals surface area contributed by atoms with Crippen LogP contribution in [0.1, 0.15) is 95.6 Å². The van der Waals surface area contributed by atoms with Gasteiger partial charge < -0.3 is 0 Å². The Morgan fingerprint density at radius 3 is 0.593 bits per heavy atom. The fourth-order valence-electron chi connectivity index (χ4n) is 12.7. The van der Waals surface area contributed by atoms with Crippen molar-refractivity contribution in [3.8, 4) is 0 Å². The fraction of sp³-hybridized carbons (Fsp3) is 0.755. The molecule has 59 heavy (non-hydrogen) atoms. The zero-order valence-corrected chi connectivity index (χ0v) is 57.5. The van der Waals surface area contributed by atoms with Gasteiger partial charge in [0.15, 0.2) is 0 Å². The Bertz CT molecular complexity index is 1450. The fourth-order valence-corrected chi connectivity index (χ4v) is 75.3. The molecule has 0 saturated heterocycles. The zero-order valence-electron chi connectivity index (χ0n) is 45.3. The maximum absolute atomic E-state index is 2.85. The molecule has 0 aliphatic rings. The van der Waals surface area contributed by atoms with Crippen molar-refractivity contribution in [1.29, 1.82) is 0 Å². The molecule has 2 aromatic carbocycles. The van der Waals surface area contributed by atoms with Crippen LogP contribution >= 0.6 is 0 Å². The van der Waals surface area contributed by atoms with Gasteiger partial charge in [-0.15, -0.1) is 0 Å². The Labute approximate surface area is 392 Å². The summed E-state index contributed by atoms with van der Waals surface area (Å²) >= 11 is -0.744. The van der Waals surface area contributed by atoms with E-state index in [1.165, 1.54) is 4.09 Å². The third-order valence-corrected chi connectivity index (χ3v) is 58.5. The van der Waals surface area contributed by atoms with Crippen LogP contribution in [0.15, 0.2) is 24.3 Å². The molecule has 4 radical (unpaired) electrons. The second-order valence-electron chi connectivity index (χ2n) is 29.7. The van der Waals surface area contributed by atoms with Crippen molar-refractivity contribution in [2.24, 2.45) is 0 Å². The summed E-state index contributed by atoms with van der Waals surface area (Å²) in [5.74, 6) is 0. The molecule has 0 amide bonds. The number of rotatable bonds is 16. The van der Waals surface area contributed by atoms with Gasteiger partial charge in [-0.3, -0.25) is 0 Å². The predicted octanol–water partition coefficient (Wildman–Crippen LogP) is 15.4. The van der Waals surface area contributed by atoms with E-state index in [2.05, 4.69) is 223 Å². The normalized spacial score (nSPS) is 15.1. The van der Waals surface area contributed by atoms with E-state index in [0.717, 1.165) is 20.7 Å². The molecule has 0 bridgehead atoms. The van der Waals surface area contributed by atoms with Crippen molar-refractivity contribution in [2.75, 3.05) is 0 Å². The van der Waals surface area contributed by atoms with E-state index in [1.807, 2.05) is 31.0 Å². The average molecular weight is 1060 g/mol. The van der Waals surface area contributed by atoms with Gasteiger partial charge in [-0.05, 0) is 0 Å². The summed E-state index contributed by atoms with van der Waals surface area (Å²) in [6.07, 6.45) is 0. The van der Waals surface area contributed by atoms with Crippen molar-refractivity contribution < 1.29 is 0 Å². The maximum atomic E-state index is 2.85. The molecule has 0 aliphatic heterocycles. The molecule has 0 atom stereocenters. The number of hydrogen-bond acceptors (Lipinski definition) is 0. The van der Waals surface area contributed by atoms with Gasteiger partial charge in [0.2, 0.25) is 0 Å². The molecular formula is C49H100Ge2Si8. The van der Waals surface area contributed by atoms with E-state index < -0.39 is 64.6 Å². The first-order valence-corrected chi connectivity index (χ1v) is 57.2. The van der Waals surface area contributed by atoms with E-state index in [1.54, 1.807) is 11.1 Å². The number of benzene rings is 2. The van der Waals surface area contributed by atoms with Crippen molar-refractivity contribution in [2.45, 2.75) is 234 Å². The molecule has 10 heteroatoms. The second kappa shape index (κ2) is 18.5. The molecule has 0 N–H and O–H groups in total. The number of hydrogen-bond donors (Lipinski definition) is 0. The summed E-state index contributed by atoms with van der Waals surface area (Å²) in [6.45, 7) is 80.3. The van der Waals surface area contributed by atoms with Gasteiger partial charge >= 0.3 is 396 Å². The summed E-state index contributed by atoms with van der Waals surface area (Å²) in [6, 6.07) is 11.4. The van der Waals surface area contributed by atoms with E-state index in [9.17, 15) is 0 Å². The Morgan fingerprint density at radius 2 is 0.475 bits per heavy atom. The molecule has 0 fully saturated rings. The van der Waals surface area contributed by atoms with Crippen molar-refractivity contribution >= 4 is 104 Å². The van der Waals surface area contributed by atoms with Crippen LogP contribution in [-0.2, 0) is 10.8 Å². The molecule has 0 heterocycles. The van der Waals surface area contributed by atoms with E-state index in [0.29, 0.717) is 0 Å². The zero-order chi connectivity index (χ0) is 46.9. The third-order valence-electron chi connectivity index (χ3n) is 12.8. The minimum atomic E-state index is -1.55. The van der Waals surface area contributed by atoms with Gasteiger partial charge in [-0.2, -0.15) is 0 Å². The molecule has 0 unspecified atom stereocenters.